The van der Waals surface area contributed by atoms with Crippen molar-refractivity contribution in [2.45, 2.75) is 45.2 Å². The maximum Gasteiger partial charge on any atom is 0.162 e. The number of nitrogens with zero attached hydrogens (tertiary/aromatic N) is 4. The standard InChI is InChI=1S/C20H26N6O/c1-14-10-23-26-19(22-12-15-5-4-8-21-11-15)9-18(25-20(14)26)24-17-7-3-2-6-16(17)13-27/h4-5,8-11,16-17,22,27H,2-3,6-7,12-13H2,1H3,(H,24,25)/t16-,17+/m0/s1. The number of pyridine rings is 1. The van der Waals surface area contributed by atoms with Crippen molar-refractivity contribution in [2.75, 3.05) is 17.2 Å². The van der Waals surface area contributed by atoms with Crippen molar-refractivity contribution in [1.29, 1.82) is 0 Å². The van der Waals surface area contributed by atoms with Gasteiger partial charge in [-0.2, -0.15) is 9.61 Å². The van der Waals surface area contributed by atoms with E-state index < -0.39 is 0 Å². The lowest BCUT2D eigenvalue weighted by Crippen LogP contribution is -2.34. The van der Waals surface area contributed by atoms with E-state index in [1.165, 1.54) is 12.8 Å². The third-order valence-electron chi connectivity index (χ3n) is 5.32. The molecule has 0 amide bonds. The summed E-state index contributed by atoms with van der Waals surface area (Å²) in [6.07, 6.45) is 9.97. The molecule has 3 N–H and O–H groups in total. The van der Waals surface area contributed by atoms with Crippen LogP contribution in [-0.4, -0.2) is 37.3 Å². The molecule has 0 saturated heterocycles. The molecule has 0 spiro atoms. The Hall–Kier alpha value is -2.67. The number of aliphatic hydroxyl groups excluding tert-OH is 1. The highest BCUT2D eigenvalue weighted by Gasteiger charge is 2.25. The zero-order chi connectivity index (χ0) is 18.6. The summed E-state index contributed by atoms with van der Waals surface area (Å²) >= 11 is 0. The molecule has 27 heavy (non-hydrogen) atoms. The molecule has 0 radical (unpaired) electrons. The van der Waals surface area contributed by atoms with Gasteiger partial charge < -0.3 is 15.7 Å². The largest absolute Gasteiger partial charge is 0.396 e. The number of fused-ring (bicyclic) bond motifs is 1. The van der Waals surface area contributed by atoms with Gasteiger partial charge in [-0.05, 0) is 31.4 Å². The summed E-state index contributed by atoms with van der Waals surface area (Å²) in [5, 5.41) is 21.2. The zero-order valence-corrected chi connectivity index (χ0v) is 15.6. The number of hydrogen-bond donors (Lipinski definition) is 3. The molecule has 0 unspecified atom stereocenters. The number of aromatic nitrogens is 4. The molecule has 142 valence electrons. The van der Waals surface area contributed by atoms with Crippen molar-refractivity contribution in [3.8, 4) is 0 Å². The Kier molecular flexibility index (Phi) is 5.20. The smallest absolute Gasteiger partial charge is 0.162 e. The molecule has 3 aromatic heterocycles. The van der Waals surface area contributed by atoms with Crippen LogP contribution in [-0.2, 0) is 6.54 Å². The van der Waals surface area contributed by atoms with E-state index >= 15 is 0 Å². The molecule has 1 aliphatic rings. The molecule has 0 bridgehead atoms. The van der Waals surface area contributed by atoms with Crippen LogP contribution >= 0.6 is 0 Å². The van der Waals surface area contributed by atoms with Crippen LogP contribution in [0.1, 0.15) is 36.8 Å². The quantitative estimate of drug-likeness (QED) is 0.622. The highest BCUT2D eigenvalue weighted by atomic mass is 16.3. The molecule has 3 aromatic rings. The Morgan fingerprint density at radius 2 is 2.15 bits per heavy atom. The number of anilines is 2. The molecular weight excluding hydrogens is 340 g/mol. The minimum Gasteiger partial charge on any atom is -0.396 e. The van der Waals surface area contributed by atoms with Gasteiger partial charge in [-0.25, -0.2) is 4.98 Å². The second kappa shape index (κ2) is 7.92. The summed E-state index contributed by atoms with van der Waals surface area (Å²) in [4.78, 5) is 8.93. The number of aryl methyl sites for hydroxylation is 1. The van der Waals surface area contributed by atoms with Gasteiger partial charge in [-0.1, -0.05) is 18.9 Å². The zero-order valence-electron chi connectivity index (χ0n) is 15.6. The van der Waals surface area contributed by atoms with E-state index in [0.717, 1.165) is 41.3 Å². The first-order valence-electron chi connectivity index (χ1n) is 9.60. The summed E-state index contributed by atoms with van der Waals surface area (Å²) < 4.78 is 1.83. The molecule has 1 fully saturated rings. The lowest BCUT2D eigenvalue weighted by molar-refractivity contribution is 0.178. The average molecular weight is 366 g/mol. The predicted octanol–water partition coefficient (Wildman–Crippen LogP) is 3.01. The maximum atomic E-state index is 9.69. The first-order chi connectivity index (χ1) is 13.2. The fourth-order valence-corrected chi connectivity index (χ4v) is 3.77. The minimum atomic E-state index is 0.220. The summed E-state index contributed by atoms with van der Waals surface area (Å²) in [7, 11) is 0. The average Bonchev–Trinajstić information content (AvgIpc) is 3.08. The van der Waals surface area contributed by atoms with Gasteiger partial charge in [0.2, 0.25) is 0 Å². The summed E-state index contributed by atoms with van der Waals surface area (Å²) in [5.74, 6) is 2.00. The van der Waals surface area contributed by atoms with Gasteiger partial charge in [0, 0.05) is 49.1 Å². The van der Waals surface area contributed by atoms with Crippen molar-refractivity contribution in [3.05, 3.63) is 47.9 Å². The van der Waals surface area contributed by atoms with E-state index in [9.17, 15) is 5.11 Å². The number of hydrogen-bond acceptors (Lipinski definition) is 6. The van der Waals surface area contributed by atoms with Crippen LogP contribution < -0.4 is 10.6 Å². The highest BCUT2D eigenvalue weighted by molar-refractivity contribution is 5.60. The number of rotatable bonds is 6. The van der Waals surface area contributed by atoms with Crippen LogP contribution in [0.2, 0.25) is 0 Å². The molecule has 0 aromatic carbocycles. The van der Waals surface area contributed by atoms with Gasteiger partial charge in [0.1, 0.15) is 11.6 Å². The van der Waals surface area contributed by atoms with Crippen molar-refractivity contribution in [3.63, 3.8) is 0 Å². The van der Waals surface area contributed by atoms with Gasteiger partial charge in [0.15, 0.2) is 5.65 Å². The van der Waals surface area contributed by atoms with E-state index in [0.29, 0.717) is 6.54 Å². The summed E-state index contributed by atoms with van der Waals surface area (Å²) in [5.41, 5.74) is 2.98. The number of aliphatic hydroxyl groups is 1. The second-order valence-corrected chi connectivity index (χ2v) is 7.28. The van der Waals surface area contributed by atoms with E-state index in [-0.39, 0.29) is 18.6 Å². The topological polar surface area (TPSA) is 87.4 Å². The van der Waals surface area contributed by atoms with Gasteiger partial charge in [-0.15, -0.1) is 0 Å². The van der Waals surface area contributed by atoms with Gasteiger partial charge in [-0.3, -0.25) is 4.98 Å². The van der Waals surface area contributed by atoms with Crippen molar-refractivity contribution in [1.82, 2.24) is 19.6 Å². The van der Waals surface area contributed by atoms with Crippen molar-refractivity contribution in [2.24, 2.45) is 5.92 Å². The van der Waals surface area contributed by atoms with E-state index in [4.69, 9.17) is 4.98 Å². The van der Waals surface area contributed by atoms with Crippen molar-refractivity contribution >= 4 is 17.3 Å². The second-order valence-electron chi connectivity index (χ2n) is 7.28. The van der Waals surface area contributed by atoms with Crippen LogP contribution in [0.4, 0.5) is 11.6 Å². The molecule has 1 aliphatic carbocycles. The fourth-order valence-electron chi connectivity index (χ4n) is 3.77. The Labute approximate surface area is 158 Å². The maximum absolute atomic E-state index is 9.69. The van der Waals surface area contributed by atoms with Gasteiger partial charge in [0.05, 0.1) is 6.20 Å². The first kappa shape index (κ1) is 17.7. The van der Waals surface area contributed by atoms with Crippen molar-refractivity contribution < 1.29 is 5.11 Å². The molecule has 2 atom stereocenters. The monoisotopic (exact) mass is 366 g/mol. The lowest BCUT2D eigenvalue weighted by atomic mass is 9.85. The van der Waals surface area contributed by atoms with Gasteiger partial charge in [0.25, 0.3) is 0 Å². The highest BCUT2D eigenvalue weighted by Crippen LogP contribution is 2.28. The van der Waals surface area contributed by atoms with Crippen LogP contribution in [0.25, 0.3) is 5.65 Å². The lowest BCUT2D eigenvalue weighted by Gasteiger charge is -2.31. The molecule has 0 aliphatic heterocycles. The van der Waals surface area contributed by atoms with Crippen LogP contribution in [0.15, 0.2) is 36.8 Å². The van der Waals surface area contributed by atoms with Crippen LogP contribution in [0.5, 0.6) is 0 Å². The molecule has 7 nitrogen and oxygen atoms in total. The third-order valence-corrected chi connectivity index (χ3v) is 5.32. The van der Waals surface area contributed by atoms with Crippen LogP contribution in [0, 0.1) is 12.8 Å². The number of nitrogens with one attached hydrogen (secondary N) is 2. The Balaban J connectivity index is 1.60. The van der Waals surface area contributed by atoms with Gasteiger partial charge >= 0.3 is 0 Å². The Morgan fingerprint density at radius 3 is 2.96 bits per heavy atom. The molecule has 1 saturated carbocycles. The minimum absolute atomic E-state index is 0.220. The summed E-state index contributed by atoms with van der Waals surface area (Å²) in [6.45, 7) is 2.90. The molecule has 3 heterocycles. The SMILES string of the molecule is Cc1cnn2c(NCc3cccnc3)cc(N[C@@H]3CCCC[C@H]3CO)nc12. The predicted molar refractivity (Wildman–Crippen MR) is 106 cm³/mol. The normalized spacial score (nSPS) is 19.9. The molecule has 7 heteroatoms. The van der Waals surface area contributed by atoms with E-state index in [2.05, 4.69) is 20.7 Å². The molecule has 4 rings (SSSR count). The van der Waals surface area contributed by atoms with E-state index in [1.54, 1.807) is 6.20 Å². The third kappa shape index (κ3) is 3.88. The first-order valence-corrected chi connectivity index (χ1v) is 9.60. The Morgan fingerprint density at radius 1 is 1.26 bits per heavy atom. The Bertz CT molecular complexity index is 894. The van der Waals surface area contributed by atoms with Crippen LogP contribution in [0.3, 0.4) is 0 Å². The summed E-state index contributed by atoms with van der Waals surface area (Å²) in [6, 6.07) is 6.23. The molecular formula is C20H26N6O. The van der Waals surface area contributed by atoms with E-state index in [1.807, 2.05) is 42.0 Å². The fraction of sp³-hybridized carbons (Fsp3) is 0.450.